The first-order valence-corrected chi connectivity index (χ1v) is 18.3. The molecule has 15 atom stereocenters. The van der Waals surface area contributed by atoms with E-state index in [2.05, 4.69) is 34.6 Å². The second-order valence-corrected chi connectivity index (χ2v) is 18.1. The minimum atomic E-state index is -1.29. The van der Waals surface area contributed by atoms with Crippen molar-refractivity contribution in [2.75, 3.05) is 19.8 Å². The molecule has 0 radical (unpaired) electrons. The first-order chi connectivity index (χ1) is 21.9. The molecule has 1 aliphatic heterocycles. The summed E-state index contributed by atoms with van der Waals surface area (Å²) >= 11 is 0. The highest BCUT2D eigenvalue weighted by molar-refractivity contribution is 5.66. The zero-order chi connectivity index (χ0) is 34.5. The van der Waals surface area contributed by atoms with Gasteiger partial charge in [0.1, 0.15) is 6.10 Å². The maximum Gasteiger partial charge on any atom is 0.303 e. The molecule has 6 aliphatic rings. The average molecular weight is 667 g/mol. The van der Waals surface area contributed by atoms with Crippen molar-refractivity contribution in [3.05, 3.63) is 0 Å². The van der Waals surface area contributed by atoms with E-state index in [0.717, 1.165) is 44.9 Å². The van der Waals surface area contributed by atoms with Gasteiger partial charge in [-0.3, -0.25) is 4.79 Å². The van der Waals surface area contributed by atoms with Crippen LogP contribution in [0.1, 0.15) is 107 Å². The molecule has 10 nitrogen and oxygen atoms in total. The number of aliphatic hydroxyl groups is 5. The molecule has 2 spiro atoms. The Kier molecular flexibility index (Phi) is 9.07. The smallest absolute Gasteiger partial charge is 0.303 e. The van der Waals surface area contributed by atoms with E-state index in [-0.39, 0.29) is 58.2 Å². The molecule has 1 unspecified atom stereocenters. The maximum absolute atomic E-state index is 12.5. The van der Waals surface area contributed by atoms with Gasteiger partial charge in [0.25, 0.3) is 0 Å². The molecular weight excluding hydrogens is 604 g/mol. The Morgan fingerprint density at radius 1 is 1.02 bits per heavy atom. The van der Waals surface area contributed by atoms with E-state index >= 15 is 0 Å². The second kappa shape index (κ2) is 11.9. The Labute approximate surface area is 280 Å². The predicted molar refractivity (Wildman–Crippen MR) is 173 cm³/mol. The Hall–Kier alpha value is -0.850. The topological polar surface area (TPSA) is 155 Å². The summed E-state index contributed by atoms with van der Waals surface area (Å²) in [7, 11) is 0. The Morgan fingerprint density at radius 3 is 2.30 bits per heavy atom. The number of rotatable bonds is 10. The van der Waals surface area contributed by atoms with Crippen molar-refractivity contribution in [2.45, 2.75) is 155 Å². The molecule has 5 N–H and O–H groups in total. The lowest BCUT2D eigenvalue weighted by atomic mass is 9.41. The molecule has 47 heavy (non-hydrogen) atoms. The maximum atomic E-state index is 12.5. The third-order valence-corrected chi connectivity index (χ3v) is 15.3. The summed E-state index contributed by atoms with van der Waals surface area (Å²) in [4.78, 5) is 12.1. The number of aliphatic hydroxyl groups excluding tert-OH is 4. The van der Waals surface area contributed by atoms with Crippen LogP contribution in [0.3, 0.4) is 0 Å². The molecule has 6 fully saturated rings. The molecule has 5 aliphatic carbocycles. The van der Waals surface area contributed by atoms with Crippen molar-refractivity contribution in [1.29, 1.82) is 0 Å². The fourth-order valence-corrected chi connectivity index (χ4v) is 13.3. The van der Waals surface area contributed by atoms with Crippen LogP contribution in [0.15, 0.2) is 0 Å². The van der Waals surface area contributed by atoms with Crippen LogP contribution in [0.5, 0.6) is 0 Å². The van der Waals surface area contributed by atoms with E-state index in [9.17, 15) is 30.3 Å². The molecule has 0 aromatic heterocycles. The largest absolute Gasteiger partial charge is 0.457 e. The molecule has 0 bridgehead atoms. The summed E-state index contributed by atoms with van der Waals surface area (Å²) in [6, 6.07) is 0. The molecule has 0 amide bonds. The van der Waals surface area contributed by atoms with Crippen LogP contribution in [0.4, 0.5) is 0 Å². The third-order valence-electron chi connectivity index (χ3n) is 15.3. The number of fused-ring (bicyclic) bond motifs is 4. The van der Waals surface area contributed by atoms with Gasteiger partial charge in [-0.1, -0.05) is 34.6 Å². The van der Waals surface area contributed by atoms with Crippen LogP contribution in [0.2, 0.25) is 0 Å². The Bertz CT molecular complexity index is 1190. The van der Waals surface area contributed by atoms with Crippen molar-refractivity contribution in [2.24, 2.45) is 50.7 Å². The van der Waals surface area contributed by atoms with Crippen LogP contribution in [0.25, 0.3) is 0 Å². The summed E-state index contributed by atoms with van der Waals surface area (Å²) in [5.74, 6) is 0.704. The van der Waals surface area contributed by atoms with E-state index in [1.165, 1.54) is 6.92 Å². The van der Waals surface area contributed by atoms with Crippen LogP contribution < -0.4 is 0 Å². The Morgan fingerprint density at radius 2 is 1.68 bits per heavy atom. The van der Waals surface area contributed by atoms with Crippen LogP contribution in [0, 0.1) is 50.7 Å². The van der Waals surface area contributed by atoms with Gasteiger partial charge in [0.2, 0.25) is 0 Å². The van der Waals surface area contributed by atoms with Crippen molar-refractivity contribution in [3.63, 3.8) is 0 Å². The van der Waals surface area contributed by atoms with Crippen molar-refractivity contribution in [1.82, 2.24) is 0 Å². The van der Waals surface area contributed by atoms with Crippen molar-refractivity contribution < 1.29 is 49.3 Å². The van der Waals surface area contributed by atoms with Crippen molar-refractivity contribution >= 4 is 5.97 Å². The minimum absolute atomic E-state index is 0.0277. The standard InChI is InChI=1S/C37H62O10/c1-20-17-23(30(33(5,6)43)45-21(2)40)46-28-27(20)34(7)13-14-37-19-36(37)12-11-26(47-31(22(41)18-39)44-16-15-38)32(3,4)24(36)9-10-25(37)35(34,8)29(28)42/h20,22-31,38-39,41-43H,9-19H2,1-8H3/t20-,22-,23-,24+,25+,26+,27?,28+,29+,30+,31+,34-,35-,36-,37+/m1/s1. The molecular formula is C37H62O10. The van der Waals surface area contributed by atoms with Gasteiger partial charge in [-0.05, 0) is 111 Å². The van der Waals surface area contributed by atoms with E-state index in [1.807, 2.05) is 0 Å². The molecule has 0 aromatic rings. The minimum Gasteiger partial charge on any atom is -0.457 e. The van der Waals surface area contributed by atoms with Gasteiger partial charge >= 0.3 is 5.97 Å². The van der Waals surface area contributed by atoms with Gasteiger partial charge in [0.15, 0.2) is 12.4 Å². The zero-order valence-corrected chi connectivity index (χ0v) is 29.9. The highest BCUT2D eigenvalue weighted by atomic mass is 16.7. The van der Waals surface area contributed by atoms with Gasteiger partial charge in [0.05, 0.1) is 49.8 Å². The zero-order valence-electron chi connectivity index (χ0n) is 29.9. The number of ether oxygens (including phenoxy) is 4. The summed E-state index contributed by atoms with van der Waals surface area (Å²) in [5.41, 5.74) is -1.63. The number of hydrogen-bond acceptors (Lipinski definition) is 10. The average Bonchev–Trinajstić information content (AvgIpc) is 3.62. The van der Waals surface area contributed by atoms with Gasteiger partial charge in [0, 0.05) is 12.3 Å². The molecule has 10 heteroatoms. The molecule has 270 valence electrons. The van der Waals surface area contributed by atoms with Crippen molar-refractivity contribution in [3.8, 4) is 0 Å². The number of carbonyl (C=O) groups is 1. The molecule has 1 heterocycles. The molecule has 6 rings (SSSR count). The summed E-state index contributed by atoms with van der Waals surface area (Å²) in [6.07, 6.45) is 3.17. The first kappa shape index (κ1) is 36.0. The summed E-state index contributed by atoms with van der Waals surface area (Å²) in [5, 5.41) is 52.9. The number of carbonyl (C=O) groups excluding carboxylic acids is 1. The number of hydrogen-bond donors (Lipinski definition) is 5. The SMILES string of the molecule is CC(=O)O[C@@H]([C@H]1C[C@@H](C)C2[C@H](O1)[C@H](O)[C@@]1(C)[C@@H]3CC[C@H]4C(C)(C)[C@@H](O[C@H](OCCO)[C@H](O)CO)CC[C@@]45C[C@@]35CC[C@]21C)C(C)(C)O. The lowest BCUT2D eigenvalue weighted by molar-refractivity contribution is -0.263. The highest BCUT2D eigenvalue weighted by Gasteiger charge is 2.84. The monoisotopic (exact) mass is 666 g/mol. The third kappa shape index (κ3) is 5.04. The van der Waals surface area contributed by atoms with E-state index < -0.39 is 55.0 Å². The molecule has 1 saturated heterocycles. The fourth-order valence-electron chi connectivity index (χ4n) is 13.3. The van der Waals surface area contributed by atoms with E-state index in [4.69, 9.17) is 18.9 Å². The number of esters is 1. The van der Waals surface area contributed by atoms with E-state index in [1.54, 1.807) is 13.8 Å². The molecule has 5 saturated carbocycles. The quantitative estimate of drug-likeness (QED) is 0.173. The van der Waals surface area contributed by atoms with Crippen LogP contribution in [-0.4, -0.2) is 99.8 Å². The van der Waals surface area contributed by atoms with E-state index in [0.29, 0.717) is 18.3 Å². The Balaban J connectivity index is 1.26. The lowest BCUT2D eigenvalue weighted by Crippen LogP contribution is -2.60. The van der Waals surface area contributed by atoms with Gasteiger partial charge in [-0.25, -0.2) is 0 Å². The van der Waals surface area contributed by atoms with Gasteiger partial charge in [-0.15, -0.1) is 0 Å². The highest BCUT2D eigenvalue weighted by Crippen LogP contribution is 2.89. The summed E-state index contributed by atoms with van der Waals surface area (Å²) in [6.45, 7) is 15.6. The predicted octanol–water partition coefficient (Wildman–Crippen LogP) is 3.58. The summed E-state index contributed by atoms with van der Waals surface area (Å²) < 4.78 is 24.5. The van der Waals surface area contributed by atoms with Crippen LogP contribution in [-0.2, 0) is 23.7 Å². The van der Waals surface area contributed by atoms with Gasteiger partial charge < -0.3 is 44.5 Å². The normalized spacial score (nSPS) is 48.5. The fraction of sp³-hybridized carbons (Fsp3) is 0.973. The lowest BCUT2D eigenvalue weighted by Gasteiger charge is -2.64. The van der Waals surface area contributed by atoms with Crippen LogP contribution >= 0.6 is 0 Å². The molecule has 0 aromatic carbocycles. The van der Waals surface area contributed by atoms with Gasteiger partial charge in [-0.2, -0.15) is 0 Å². The first-order valence-electron chi connectivity index (χ1n) is 18.3. The second-order valence-electron chi connectivity index (χ2n) is 18.1.